The Morgan fingerprint density at radius 3 is 2.42 bits per heavy atom. The molecule has 0 saturated heterocycles. The highest BCUT2D eigenvalue weighted by Gasteiger charge is 2.21. The summed E-state index contributed by atoms with van der Waals surface area (Å²) in [6, 6.07) is 18.0. The largest absolute Gasteiger partial charge is 0.505 e. The van der Waals surface area contributed by atoms with Crippen molar-refractivity contribution < 1.29 is 27.6 Å². The number of ether oxygens (including phenoxy) is 1. The molecule has 1 amide bonds. The number of phenols is 1. The third-order valence-electron chi connectivity index (χ3n) is 5.33. The van der Waals surface area contributed by atoms with Gasteiger partial charge in [0.25, 0.3) is 16.0 Å². The molecule has 0 aromatic heterocycles. The van der Waals surface area contributed by atoms with E-state index in [9.17, 15) is 22.9 Å². The molecule has 4 rings (SSSR count). The number of nitrogens with zero attached hydrogens (tertiary/aromatic N) is 2. The topological polar surface area (TPSA) is 138 Å². The Kier molecular flexibility index (Phi) is 6.93. The van der Waals surface area contributed by atoms with Crippen molar-refractivity contribution in [3.63, 3.8) is 0 Å². The molecule has 0 radical (unpaired) electrons. The van der Waals surface area contributed by atoms with Crippen molar-refractivity contribution in [2.75, 3.05) is 12.4 Å². The van der Waals surface area contributed by atoms with Gasteiger partial charge in [-0.1, -0.05) is 48.0 Å². The fourth-order valence-electron chi connectivity index (χ4n) is 3.73. The first-order valence-corrected chi connectivity index (χ1v) is 12.3. The number of azo groups is 1. The zero-order chi connectivity index (χ0) is 26.0. The molecule has 184 valence electrons. The molecular weight excluding hydrogens is 506 g/mol. The van der Waals surface area contributed by atoms with Crippen molar-refractivity contribution in [3.8, 4) is 11.5 Å². The first-order valence-electron chi connectivity index (χ1n) is 10.5. The number of aromatic hydroxyl groups is 1. The maximum atomic E-state index is 13.1. The zero-order valence-electron chi connectivity index (χ0n) is 19.1. The Morgan fingerprint density at radius 1 is 1.03 bits per heavy atom. The normalized spacial score (nSPS) is 11.7. The van der Waals surface area contributed by atoms with Gasteiger partial charge in [-0.15, -0.1) is 5.11 Å². The summed E-state index contributed by atoms with van der Waals surface area (Å²) in [5.74, 6) is -0.538. The van der Waals surface area contributed by atoms with Crippen molar-refractivity contribution in [3.05, 3.63) is 82.9 Å². The summed E-state index contributed by atoms with van der Waals surface area (Å²) in [7, 11) is -3.05. The fourth-order valence-corrected chi connectivity index (χ4v) is 5.06. The molecule has 0 heterocycles. The summed E-state index contributed by atoms with van der Waals surface area (Å²) in [6.45, 7) is 1.45. The lowest BCUT2D eigenvalue weighted by molar-refractivity contribution is 0.102. The van der Waals surface area contributed by atoms with Gasteiger partial charge in [0, 0.05) is 5.39 Å². The maximum Gasteiger partial charge on any atom is 0.296 e. The molecule has 0 aliphatic rings. The van der Waals surface area contributed by atoms with E-state index in [4.69, 9.17) is 16.3 Å². The van der Waals surface area contributed by atoms with E-state index in [2.05, 4.69) is 15.5 Å². The number of rotatable bonds is 6. The number of phenolic OH excluding ortho intramolecular Hbond substituents is 1. The van der Waals surface area contributed by atoms with E-state index in [0.717, 1.165) is 0 Å². The van der Waals surface area contributed by atoms with Crippen LogP contribution in [-0.2, 0) is 10.1 Å². The van der Waals surface area contributed by atoms with Crippen LogP contribution in [0.25, 0.3) is 10.8 Å². The second-order valence-corrected chi connectivity index (χ2v) is 9.51. The van der Waals surface area contributed by atoms with Crippen molar-refractivity contribution in [1.29, 1.82) is 0 Å². The molecule has 0 saturated carbocycles. The minimum Gasteiger partial charge on any atom is -0.505 e. The zero-order valence-corrected chi connectivity index (χ0v) is 20.6. The number of fused-ring (bicyclic) bond motifs is 1. The van der Waals surface area contributed by atoms with Crippen LogP contribution in [0, 0.1) is 6.92 Å². The quantitative estimate of drug-likeness (QED) is 0.196. The third-order valence-corrected chi connectivity index (χ3v) is 6.80. The molecule has 0 atom stereocenters. The van der Waals surface area contributed by atoms with Gasteiger partial charge in [0.05, 0.1) is 29.1 Å². The van der Waals surface area contributed by atoms with Crippen LogP contribution >= 0.6 is 11.6 Å². The Hall–Kier alpha value is -3.99. The molecule has 4 aromatic rings. The predicted octanol–water partition coefficient (Wildman–Crippen LogP) is 6.43. The molecule has 0 fully saturated rings. The molecule has 0 aliphatic carbocycles. The molecule has 0 bridgehead atoms. The number of carbonyl (C=O) groups excluding carboxylic acids is 1. The van der Waals surface area contributed by atoms with Crippen LogP contribution in [0.5, 0.6) is 11.5 Å². The Balaban J connectivity index is 1.79. The monoisotopic (exact) mass is 525 g/mol. The minimum atomic E-state index is -4.53. The first-order chi connectivity index (χ1) is 17.1. The van der Waals surface area contributed by atoms with Gasteiger partial charge >= 0.3 is 0 Å². The molecule has 4 aromatic carbocycles. The van der Waals surface area contributed by atoms with Crippen LogP contribution in [0.4, 0.5) is 17.1 Å². The SMILES string of the molecule is COc1ccccc1NC(=O)c1cc2ccccc2c(N=Nc2cc(C)c(S(=O)(=O)O)c(Cl)c2)c1O. The highest BCUT2D eigenvalue weighted by molar-refractivity contribution is 7.86. The Labute approximate surface area is 211 Å². The number of carbonyl (C=O) groups is 1. The molecule has 11 heteroatoms. The van der Waals surface area contributed by atoms with Gasteiger partial charge in [-0.25, -0.2) is 0 Å². The second kappa shape index (κ2) is 9.94. The van der Waals surface area contributed by atoms with Gasteiger partial charge in [0.2, 0.25) is 0 Å². The molecule has 0 spiro atoms. The number of hydrogen-bond donors (Lipinski definition) is 3. The van der Waals surface area contributed by atoms with Gasteiger partial charge < -0.3 is 15.2 Å². The van der Waals surface area contributed by atoms with E-state index in [0.29, 0.717) is 22.2 Å². The van der Waals surface area contributed by atoms with Crippen molar-refractivity contribution in [2.24, 2.45) is 10.2 Å². The summed E-state index contributed by atoms with van der Waals surface area (Å²) >= 11 is 6.04. The van der Waals surface area contributed by atoms with E-state index < -0.39 is 26.7 Å². The van der Waals surface area contributed by atoms with Gasteiger partial charge in [-0.05, 0) is 48.2 Å². The molecule has 9 nitrogen and oxygen atoms in total. The van der Waals surface area contributed by atoms with Crippen LogP contribution in [0.3, 0.4) is 0 Å². The molecule has 3 N–H and O–H groups in total. The minimum absolute atomic E-state index is 0.0332. The standard InChI is InChI=1S/C25H20ClN3O6S/c1-14-11-16(13-19(26)24(14)36(32,33)34)28-29-22-17-8-4-3-7-15(17)12-18(23(22)30)25(31)27-20-9-5-6-10-21(20)35-2/h3-13,30H,1-2H3,(H,27,31)(H,32,33,34). The number of aryl methyl sites for hydroxylation is 1. The van der Waals surface area contributed by atoms with E-state index in [1.54, 1.807) is 48.5 Å². The van der Waals surface area contributed by atoms with Crippen LogP contribution < -0.4 is 10.1 Å². The van der Waals surface area contributed by atoms with Gasteiger partial charge in [0.1, 0.15) is 16.3 Å². The number of methoxy groups -OCH3 is 1. The number of anilines is 1. The lowest BCUT2D eigenvalue weighted by Gasteiger charge is -2.13. The number of halogens is 1. The highest BCUT2D eigenvalue weighted by atomic mass is 35.5. The van der Waals surface area contributed by atoms with E-state index in [-0.39, 0.29) is 27.5 Å². The van der Waals surface area contributed by atoms with Crippen LogP contribution in [0.15, 0.2) is 81.9 Å². The molecule has 0 aliphatic heterocycles. The summed E-state index contributed by atoms with van der Waals surface area (Å²) < 4.78 is 37.8. The van der Waals surface area contributed by atoms with Crippen LogP contribution in [0.2, 0.25) is 5.02 Å². The number of benzene rings is 4. The molecule has 0 unspecified atom stereocenters. The first kappa shape index (κ1) is 25.1. The average molecular weight is 526 g/mol. The van der Waals surface area contributed by atoms with Gasteiger partial charge in [-0.3, -0.25) is 9.35 Å². The van der Waals surface area contributed by atoms with Crippen LogP contribution in [-0.4, -0.2) is 31.1 Å². The summed E-state index contributed by atoms with van der Waals surface area (Å²) in [5.41, 5.74) is 0.760. The summed E-state index contributed by atoms with van der Waals surface area (Å²) in [6.07, 6.45) is 0. The van der Waals surface area contributed by atoms with Crippen molar-refractivity contribution in [2.45, 2.75) is 11.8 Å². The second-order valence-electron chi connectivity index (χ2n) is 7.75. The number of nitrogens with one attached hydrogen (secondary N) is 1. The maximum absolute atomic E-state index is 13.1. The average Bonchev–Trinajstić information content (AvgIpc) is 2.82. The molecular formula is C25H20ClN3O6S. The van der Waals surface area contributed by atoms with Gasteiger partial charge in [-0.2, -0.15) is 13.5 Å². The lowest BCUT2D eigenvalue weighted by Crippen LogP contribution is -2.13. The predicted molar refractivity (Wildman–Crippen MR) is 137 cm³/mol. The molecule has 36 heavy (non-hydrogen) atoms. The number of amides is 1. The Morgan fingerprint density at radius 2 is 1.72 bits per heavy atom. The Bertz CT molecular complexity index is 1610. The fraction of sp³-hybridized carbons (Fsp3) is 0.0800. The summed E-state index contributed by atoms with van der Waals surface area (Å²) in [4.78, 5) is 12.7. The lowest BCUT2D eigenvalue weighted by atomic mass is 10.0. The van der Waals surface area contributed by atoms with E-state index in [1.165, 1.54) is 32.2 Å². The smallest absolute Gasteiger partial charge is 0.296 e. The highest BCUT2D eigenvalue weighted by Crippen LogP contribution is 2.40. The number of hydrogen-bond acceptors (Lipinski definition) is 7. The summed E-state index contributed by atoms with van der Waals surface area (Å²) in [5, 5.41) is 22.9. The number of para-hydroxylation sites is 2. The van der Waals surface area contributed by atoms with E-state index >= 15 is 0 Å². The third kappa shape index (κ3) is 5.01. The van der Waals surface area contributed by atoms with Crippen molar-refractivity contribution >= 4 is 55.5 Å². The van der Waals surface area contributed by atoms with Crippen LogP contribution in [0.1, 0.15) is 15.9 Å². The van der Waals surface area contributed by atoms with Crippen molar-refractivity contribution in [1.82, 2.24) is 0 Å². The van der Waals surface area contributed by atoms with Gasteiger partial charge in [0.15, 0.2) is 5.75 Å². The van der Waals surface area contributed by atoms with E-state index in [1.807, 2.05) is 0 Å².